The highest BCUT2D eigenvalue weighted by molar-refractivity contribution is 9.10. The molecule has 6 nitrogen and oxygen atoms in total. The molecule has 36 heavy (non-hydrogen) atoms. The standard InChI is InChI=1S/C27H29Br2ClN2O4/c28-19-11-18-2-1-17-12-20(30)13-21(29)23(17)24(25(18)31-15-19)16-3-7-32(8-4-16)22(33)14-27(26(34)35)5-9-36-10-6-27/h11-13,15-16,24H,1-10,14H2,(H,34,35)/t24-/m1/s1. The molecule has 0 radical (unpaired) electrons. The van der Waals surface area contributed by atoms with Crippen LogP contribution in [0, 0.1) is 11.3 Å². The number of piperidine rings is 1. The van der Waals surface area contributed by atoms with Gasteiger partial charge in [-0.2, -0.15) is 0 Å². The van der Waals surface area contributed by atoms with Crippen molar-refractivity contribution < 1.29 is 19.4 Å². The lowest BCUT2D eigenvalue weighted by atomic mass is 9.75. The van der Waals surface area contributed by atoms with Gasteiger partial charge in [-0.3, -0.25) is 14.6 Å². The molecule has 3 aliphatic rings. The van der Waals surface area contributed by atoms with E-state index < -0.39 is 11.4 Å². The first kappa shape index (κ1) is 26.1. The van der Waals surface area contributed by atoms with Crippen LogP contribution in [0.2, 0.25) is 5.02 Å². The van der Waals surface area contributed by atoms with Gasteiger partial charge in [-0.05, 0) is 95.3 Å². The van der Waals surface area contributed by atoms with Gasteiger partial charge in [0.2, 0.25) is 5.91 Å². The van der Waals surface area contributed by atoms with Gasteiger partial charge in [-0.25, -0.2) is 0 Å². The number of hydrogen-bond acceptors (Lipinski definition) is 4. The second-order valence-electron chi connectivity index (χ2n) is 10.2. The van der Waals surface area contributed by atoms with Crippen LogP contribution in [-0.4, -0.2) is 53.2 Å². The van der Waals surface area contributed by atoms with E-state index in [1.807, 2.05) is 17.2 Å². The molecule has 0 saturated carbocycles. The summed E-state index contributed by atoms with van der Waals surface area (Å²) in [6.45, 7) is 2.03. The molecule has 0 unspecified atom stereocenters. The third-order valence-electron chi connectivity index (χ3n) is 8.17. The van der Waals surface area contributed by atoms with Crippen molar-refractivity contribution in [3.8, 4) is 0 Å². The molecule has 2 saturated heterocycles. The van der Waals surface area contributed by atoms with Crippen LogP contribution in [-0.2, 0) is 27.2 Å². The van der Waals surface area contributed by atoms with E-state index >= 15 is 0 Å². The number of nitrogens with zero attached hydrogens (tertiary/aromatic N) is 2. The minimum atomic E-state index is -1.01. The lowest BCUT2D eigenvalue weighted by Crippen LogP contribution is -2.45. The zero-order chi connectivity index (χ0) is 25.4. The van der Waals surface area contributed by atoms with Gasteiger partial charge >= 0.3 is 5.97 Å². The monoisotopic (exact) mass is 638 g/mol. The summed E-state index contributed by atoms with van der Waals surface area (Å²) >= 11 is 13.8. The summed E-state index contributed by atoms with van der Waals surface area (Å²) < 4.78 is 7.35. The molecule has 1 amide bonds. The van der Waals surface area contributed by atoms with E-state index in [0.717, 1.165) is 45.3 Å². The van der Waals surface area contributed by atoms with Crippen molar-refractivity contribution >= 4 is 55.3 Å². The number of carbonyl (C=O) groups is 2. The molecule has 9 heteroatoms. The van der Waals surface area contributed by atoms with Crippen molar-refractivity contribution in [2.75, 3.05) is 26.3 Å². The number of amides is 1. The van der Waals surface area contributed by atoms with E-state index in [1.165, 1.54) is 16.7 Å². The highest BCUT2D eigenvalue weighted by atomic mass is 79.9. The lowest BCUT2D eigenvalue weighted by molar-refractivity contribution is -0.160. The Morgan fingerprint density at radius 3 is 2.50 bits per heavy atom. The van der Waals surface area contributed by atoms with Gasteiger partial charge in [0.25, 0.3) is 0 Å². The fourth-order valence-corrected chi connectivity index (χ4v) is 7.64. The molecule has 2 aromatic rings. The SMILES string of the molecule is O=C(CC1(C(=O)O)CCOCC1)N1CCC([C@H]2c3ncc(Br)cc3CCc3cc(Cl)cc(Br)c32)CC1. The summed E-state index contributed by atoms with van der Waals surface area (Å²) in [6, 6.07) is 6.22. The van der Waals surface area contributed by atoms with Crippen LogP contribution in [0.1, 0.15) is 60.4 Å². The first-order valence-corrected chi connectivity index (χ1v) is 14.4. The first-order chi connectivity index (χ1) is 17.3. The van der Waals surface area contributed by atoms with Crippen molar-refractivity contribution in [2.24, 2.45) is 11.3 Å². The molecule has 1 aliphatic carbocycles. The minimum Gasteiger partial charge on any atom is -0.481 e. The first-order valence-electron chi connectivity index (χ1n) is 12.5. The summed E-state index contributed by atoms with van der Waals surface area (Å²) in [5.41, 5.74) is 3.85. The van der Waals surface area contributed by atoms with E-state index in [9.17, 15) is 14.7 Å². The lowest BCUT2D eigenvalue weighted by Gasteiger charge is -2.39. The molecular formula is C27H29Br2ClN2O4. The van der Waals surface area contributed by atoms with Gasteiger partial charge in [0.05, 0.1) is 11.1 Å². The fraction of sp³-hybridized carbons (Fsp3) is 0.519. The number of aromatic nitrogens is 1. The number of carbonyl (C=O) groups excluding carboxylic acids is 1. The van der Waals surface area contributed by atoms with Gasteiger partial charge in [0, 0.05) is 58.8 Å². The molecule has 2 aliphatic heterocycles. The maximum Gasteiger partial charge on any atom is 0.310 e. The second-order valence-corrected chi connectivity index (χ2v) is 12.4. The molecule has 1 aromatic carbocycles. The molecule has 0 bridgehead atoms. The Kier molecular flexibility index (Phi) is 7.78. The highest BCUT2D eigenvalue weighted by Gasteiger charge is 2.44. The van der Waals surface area contributed by atoms with Crippen LogP contribution in [0.4, 0.5) is 0 Å². The van der Waals surface area contributed by atoms with Gasteiger partial charge in [0.1, 0.15) is 0 Å². The Morgan fingerprint density at radius 2 is 1.81 bits per heavy atom. The number of pyridine rings is 1. The number of ether oxygens (including phenoxy) is 1. The molecule has 5 rings (SSSR count). The van der Waals surface area contributed by atoms with Gasteiger partial charge in [-0.15, -0.1) is 0 Å². The summed E-state index contributed by atoms with van der Waals surface area (Å²) in [4.78, 5) is 32.0. The summed E-state index contributed by atoms with van der Waals surface area (Å²) in [5.74, 6) is -0.529. The zero-order valence-electron chi connectivity index (χ0n) is 19.9. The number of carboxylic acid groups (broad SMARTS) is 1. The number of fused-ring (bicyclic) bond motifs is 2. The van der Waals surface area contributed by atoms with Crippen molar-refractivity contribution in [3.05, 3.63) is 60.7 Å². The van der Waals surface area contributed by atoms with Crippen molar-refractivity contribution in [1.29, 1.82) is 0 Å². The van der Waals surface area contributed by atoms with Gasteiger partial charge in [-0.1, -0.05) is 27.5 Å². The predicted molar refractivity (Wildman–Crippen MR) is 144 cm³/mol. The Bertz CT molecular complexity index is 1180. The van der Waals surface area contributed by atoms with Crippen LogP contribution in [0.25, 0.3) is 0 Å². The fourth-order valence-electron chi connectivity index (χ4n) is 6.14. The molecule has 2 fully saturated rings. The number of carboxylic acids is 1. The smallest absolute Gasteiger partial charge is 0.310 e. The predicted octanol–water partition coefficient (Wildman–Crippen LogP) is 6.00. The van der Waals surface area contributed by atoms with Gasteiger partial charge < -0.3 is 14.7 Å². The third kappa shape index (κ3) is 5.11. The number of benzene rings is 1. The molecule has 1 aromatic heterocycles. The number of hydrogen-bond donors (Lipinski definition) is 1. The molecule has 0 spiro atoms. The number of aryl methyl sites for hydroxylation is 2. The van der Waals surface area contributed by atoms with Crippen LogP contribution < -0.4 is 0 Å². The number of aliphatic carboxylic acids is 1. The van der Waals surface area contributed by atoms with E-state index in [2.05, 4.69) is 44.0 Å². The number of halogens is 3. The minimum absolute atomic E-state index is 0.0467. The molecule has 1 N–H and O–H groups in total. The second kappa shape index (κ2) is 10.7. The van der Waals surface area contributed by atoms with Crippen LogP contribution >= 0.6 is 43.5 Å². The average Bonchev–Trinajstić information content (AvgIpc) is 3.01. The van der Waals surface area contributed by atoms with Crippen molar-refractivity contribution in [2.45, 2.75) is 50.9 Å². The quantitative estimate of drug-likeness (QED) is 0.444. The Morgan fingerprint density at radius 1 is 1.11 bits per heavy atom. The van der Waals surface area contributed by atoms with Crippen LogP contribution in [0.15, 0.2) is 33.3 Å². The van der Waals surface area contributed by atoms with Crippen molar-refractivity contribution in [1.82, 2.24) is 9.88 Å². The molecule has 192 valence electrons. The number of rotatable bonds is 4. The highest BCUT2D eigenvalue weighted by Crippen LogP contribution is 2.46. The molecule has 1 atom stereocenters. The Labute approximate surface area is 233 Å². The summed E-state index contributed by atoms with van der Waals surface area (Å²) in [7, 11) is 0. The Hall–Kier alpha value is -1.48. The molecular weight excluding hydrogens is 612 g/mol. The Balaban J connectivity index is 1.38. The zero-order valence-corrected chi connectivity index (χ0v) is 23.9. The third-order valence-corrected chi connectivity index (χ3v) is 9.48. The summed E-state index contributed by atoms with van der Waals surface area (Å²) in [5, 5.41) is 10.6. The summed E-state index contributed by atoms with van der Waals surface area (Å²) in [6.07, 6.45) is 6.17. The maximum atomic E-state index is 13.2. The topological polar surface area (TPSA) is 79.7 Å². The van der Waals surface area contributed by atoms with Crippen molar-refractivity contribution in [3.63, 3.8) is 0 Å². The largest absolute Gasteiger partial charge is 0.481 e. The van der Waals surface area contributed by atoms with Gasteiger partial charge in [0.15, 0.2) is 0 Å². The van der Waals surface area contributed by atoms with E-state index in [-0.39, 0.29) is 18.2 Å². The van der Waals surface area contributed by atoms with E-state index in [0.29, 0.717) is 45.1 Å². The average molecular weight is 641 g/mol. The van der Waals surface area contributed by atoms with Crippen LogP contribution in [0.3, 0.4) is 0 Å². The van der Waals surface area contributed by atoms with E-state index in [4.69, 9.17) is 21.3 Å². The maximum absolute atomic E-state index is 13.2. The van der Waals surface area contributed by atoms with Crippen LogP contribution in [0.5, 0.6) is 0 Å². The number of likely N-dealkylation sites (tertiary alicyclic amines) is 1. The van der Waals surface area contributed by atoms with E-state index in [1.54, 1.807) is 0 Å². The molecule has 3 heterocycles. The normalized spacial score (nSPS) is 21.9.